The summed E-state index contributed by atoms with van der Waals surface area (Å²) in [4.78, 5) is 25.2. The first-order valence-corrected chi connectivity index (χ1v) is 19.8. The van der Waals surface area contributed by atoms with Crippen molar-refractivity contribution >= 4 is 29.0 Å². The maximum Gasteiger partial charge on any atom is 0.163 e. The zero-order valence-corrected chi connectivity index (χ0v) is 31.7. The van der Waals surface area contributed by atoms with Gasteiger partial charge in [0.1, 0.15) is 11.6 Å². The van der Waals surface area contributed by atoms with Crippen LogP contribution < -0.4 is 4.90 Å². The van der Waals surface area contributed by atoms with Crippen molar-refractivity contribution in [3.8, 4) is 56.2 Å². The molecule has 1 aliphatic rings. The standard InChI is InChI=1S/C51H35N5S/c1-5-17-35(18-6-1)42-30-29-39(32-43(42)36-19-7-2-8-20-36)41-31-40(51(52-34-41)56-44-25-13-15-27-46(44)57-47-28-16-14-26-45(47)56)33-48-53-49(37-21-9-3-10-22-37)55-50(54-48)38-23-11-4-12-24-38/h1-32,34H,33H2. The third-order valence-corrected chi connectivity index (χ3v) is 11.3. The second kappa shape index (κ2) is 15.2. The van der Waals surface area contributed by atoms with Gasteiger partial charge in [-0.3, -0.25) is 4.90 Å². The summed E-state index contributed by atoms with van der Waals surface area (Å²) in [7, 11) is 0. The molecule has 270 valence electrons. The van der Waals surface area contributed by atoms with Gasteiger partial charge >= 0.3 is 0 Å². The molecule has 0 bridgehead atoms. The molecule has 57 heavy (non-hydrogen) atoms. The maximum absolute atomic E-state index is 5.36. The van der Waals surface area contributed by atoms with E-state index in [1.807, 2.05) is 66.9 Å². The summed E-state index contributed by atoms with van der Waals surface area (Å²) < 4.78 is 0. The number of hydrogen-bond donors (Lipinski definition) is 0. The number of anilines is 3. The van der Waals surface area contributed by atoms with E-state index in [-0.39, 0.29) is 0 Å². The van der Waals surface area contributed by atoms with Gasteiger partial charge in [0.2, 0.25) is 0 Å². The van der Waals surface area contributed by atoms with E-state index in [4.69, 9.17) is 19.9 Å². The highest BCUT2D eigenvalue weighted by atomic mass is 32.2. The number of rotatable bonds is 8. The first-order chi connectivity index (χ1) is 28.2. The predicted octanol–water partition coefficient (Wildman–Crippen LogP) is 13.1. The molecule has 9 aromatic rings. The Kier molecular flexibility index (Phi) is 9.14. The van der Waals surface area contributed by atoms with Crippen molar-refractivity contribution in [2.24, 2.45) is 0 Å². The minimum Gasteiger partial charge on any atom is -0.293 e. The number of fused-ring (bicyclic) bond motifs is 2. The van der Waals surface area contributed by atoms with Crippen molar-refractivity contribution in [1.82, 2.24) is 19.9 Å². The average Bonchev–Trinajstić information content (AvgIpc) is 3.29. The smallest absolute Gasteiger partial charge is 0.163 e. The number of nitrogens with zero attached hydrogens (tertiary/aromatic N) is 5. The van der Waals surface area contributed by atoms with Crippen LogP contribution in [0.15, 0.2) is 210 Å². The van der Waals surface area contributed by atoms with Crippen molar-refractivity contribution < 1.29 is 0 Å². The molecule has 5 nitrogen and oxygen atoms in total. The Balaban J connectivity index is 1.17. The summed E-state index contributed by atoms with van der Waals surface area (Å²) in [5.41, 5.74) is 11.8. The zero-order chi connectivity index (χ0) is 38.0. The van der Waals surface area contributed by atoms with Gasteiger partial charge in [0.05, 0.1) is 11.4 Å². The first kappa shape index (κ1) is 34.3. The average molecular weight is 750 g/mol. The summed E-state index contributed by atoms with van der Waals surface area (Å²) in [6.45, 7) is 0. The second-order valence-corrected chi connectivity index (χ2v) is 15.0. The minimum atomic E-state index is 0.431. The van der Waals surface area contributed by atoms with Gasteiger partial charge in [-0.05, 0) is 64.2 Å². The largest absolute Gasteiger partial charge is 0.293 e. The van der Waals surface area contributed by atoms with E-state index in [0.717, 1.165) is 50.6 Å². The van der Waals surface area contributed by atoms with Gasteiger partial charge in [-0.25, -0.2) is 19.9 Å². The van der Waals surface area contributed by atoms with Gasteiger partial charge in [-0.15, -0.1) is 0 Å². The van der Waals surface area contributed by atoms with Crippen LogP contribution in [0.3, 0.4) is 0 Å². The fourth-order valence-electron chi connectivity index (χ4n) is 7.48. The highest BCUT2D eigenvalue weighted by Crippen LogP contribution is 2.51. The molecule has 3 heterocycles. The molecule has 0 N–H and O–H groups in total. The van der Waals surface area contributed by atoms with Gasteiger partial charge in [0, 0.05) is 44.7 Å². The molecule has 2 aromatic heterocycles. The molecule has 7 aromatic carbocycles. The summed E-state index contributed by atoms with van der Waals surface area (Å²) in [5.74, 6) is 2.78. The lowest BCUT2D eigenvalue weighted by Crippen LogP contribution is -2.18. The van der Waals surface area contributed by atoms with Crippen LogP contribution >= 0.6 is 11.8 Å². The van der Waals surface area contributed by atoms with E-state index in [1.54, 1.807) is 11.8 Å². The topological polar surface area (TPSA) is 54.8 Å². The highest BCUT2D eigenvalue weighted by molar-refractivity contribution is 7.99. The number of pyridine rings is 1. The number of aromatic nitrogens is 4. The molecule has 0 radical (unpaired) electrons. The van der Waals surface area contributed by atoms with E-state index in [1.165, 1.54) is 26.5 Å². The molecular formula is C51H35N5S. The molecule has 0 unspecified atom stereocenters. The van der Waals surface area contributed by atoms with Crippen LogP contribution in [0.1, 0.15) is 11.4 Å². The number of benzene rings is 7. The monoisotopic (exact) mass is 749 g/mol. The lowest BCUT2D eigenvalue weighted by molar-refractivity contribution is 0.924. The first-order valence-electron chi connectivity index (χ1n) is 19.0. The van der Waals surface area contributed by atoms with Crippen LogP contribution in [0.5, 0.6) is 0 Å². The Morgan fingerprint density at radius 1 is 0.404 bits per heavy atom. The second-order valence-electron chi connectivity index (χ2n) is 13.9. The van der Waals surface area contributed by atoms with Crippen LogP contribution in [0.2, 0.25) is 0 Å². The van der Waals surface area contributed by atoms with Gasteiger partial charge in [-0.2, -0.15) is 0 Å². The lowest BCUT2D eigenvalue weighted by atomic mass is 9.91. The van der Waals surface area contributed by atoms with Crippen molar-refractivity contribution in [1.29, 1.82) is 0 Å². The Labute approximate surface area is 336 Å². The molecule has 0 spiro atoms. The van der Waals surface area contributed by atoms with Gasteiger partial charge < -0.3 is 0 Å². The van der Waals surface area contributed by atoms with E-state index in [0.29, 0.717) is 23.9 Å². The van der Waals surface area contributed by atoms with Crippen LogP contribution in [0, 0.1) is 0 Å². The Morgan fingerprint density at radius 2 is 0.895 bits per heavy atom. The van der Waals surface area contributed by atoms with E-state index < -0.39 is 0 Å². The van der Waals surface area contributed by atoms with Crippen molar-refractivity contribution in [2.45, 2.75) is 16.2 Å². The quantitative estimate of drug-likeness (QED) is 0.154. The van der Waals surface area contributed by atoms with E-state index >= 15 is 0 Å². The van der Waals surface area contributed by atoms with Gasteiger partial charge in [-0.1, -0.05) is 169 Å². The molecule has 0 fully saturated rings. The molecule has 0 saturated carbocycles. The lowest BCUT2D eigenvalue weighted by Gasteiger charge is -2.33. The third-order valence-electron chi connectivity index (χ3n) is 10.2. The molecule has 0 atom stereocenters. The Hall–Kier alpha value is -7.15. The van der Waals surface area contributed by atoms with Crippen molar-refractivity contribution in [3.05, 3.63) is 212 Å². The molecular weight excluding hydrogens is 715 g/mol. The zero-order valence-electron chi connectivity index (χ0n) is 30.9. The van der Waals surface area contributed by atoms with E-state index in [2.05, 4.69) is 138 Å². The molecule has 0 aliphatic carbocycles. The highest BCUT2D eigenvalue weighted by Gasteiger charge is 2.28. The van der Waals surface area contributed by atoms with Crippen LogP contribution in [-0.2, 0) is 6.42 Å². The SMILES string of the molecule is c1ccc(-c2nc(Cc3cc(-c4ccc(-c5ccccc5)c(-c5ccccc5)c4)cnc3N3c4ccccc4Sc4ccccc43)nc(-c3ccccc3)n2)cc1. The Morgan fingerprint density at radius 3 is 1.46 bits per heavy atom. The number of para-hydroxylation sites is 2. The minimum absolute atomic E-state index is 0.431. The third kappa shape index (κ3) is 6.88. The summed E-state index contributed by atoms with van der Waals surface area (Å²) in [5, 5.41) is 0. The Bertz CT molecular complexity index is 2740. The van der Waals surface area contributed by atoms with Crippen molar-refractivity contribution in [2.75, 3.05) is 4.90 Å². The molecule has 6 heteroatoms. The predicted molar refractivity (Wildman–Crippen MR) is 233 cm³/mol. The van der Waals surface area contributed by atoms with E-state index in [9.17, 15) is 0 Å². The fourth-order valence-corrected chi connectivity index (χ4v) is 8.53. The molecule has 10 rings (SSSR count). The molecule has 0 amide bonds. The summed E-state index contributed by atoms with van der Waals surface area (Å²) in [6, 6.07) is 67.6. The molecule has 0 saturated heterocycles. The summed E-state index contributed by atoms with van der Waals surface area (Å²) in [6.07, 6.45) is 2.44. The maximum atomic E-state index is 5.36. The summed E-state index contributed by atoms with van der Waals surface area (Å²) >= 11 is 1.79. The van der Waals surface area contributed by atoms with Crippen LogP contribution in [0.25, 0.3) is 56.2 Å². The van der Waals surface area contributed by atoms with Gasteiger partial charge in [0.25, 0.3) is 0 Å². The van der Waals surface area contributed by atoms with Crippen molar-refractivity contribution in [3.63, 3.8) is 0 Å². The normalized spacial score (nSPS) is 11.8. The molecule has 1 aliphatic heterocycles. The van der Waals surface area contributed by atoms with Gasteiger partial charge in [0.15, 0.2) is 11.6 Å². The van der Waals surface area contributed by atoms with Crippen LogP contribution in [0.4, 0.5) is 17.2 Å². The van der Waals surface area contributed by atoms with Crippen LogP contribution in [-0.4, -0.2) is 19.9 Å². The fraction of sp³-hybridized carbons (Fsp3) is 0.0196. The number of hydrogen-bond acceptors (Lipinski definition) is 6.